The molecule has 2 N–H and O–H groups in total. The normalized spacial score (nSPS) is 13.5. The van der Waals surface area contributed by atoms with E-state index in [-0.39, 0.29) is 17.7 Å². The number of hydrogen-bond acceptors (Lipinski definition) is 3. The SMILES string of the molecule is COC(c1ccccc1Cl)C(C)NCc1cccc(C(=O)O)c1. The Bertz CT molecular complexity index is 675. The smallest absolute Gasteiger partial charge is 0.335 e. The lowest BCUT2D eigenvalue weighted by atomic mass is 10.0. The molecule has 4 nitrogen and oxygen atoms in total. The van der Waals surface area contributed by atoms with E-state index in [2.05, 4.69) is 5.32 Å². The lowest BCUT2D eigenvalue weighted by Crippen LogP contribution is -2.33. The maximum atomic E-state index is 11.0. The molecule has 0 saturated carbocycles. The maximum Gasteiger partial charge on any atom is 0.335 e. The quantitative estimate of drug-likeness (QED) is 0.806. The summed E-state index contributed by atoms with van der Waals surface area (Å²) < 4.78 is 5.59. The number of halogens is 1. The van der Waals surface area contributed by atoms with Gasteiger partial charge in [0.15, 0.2) is 0 Å². The Morgan fingerprint density at radius 2 is 2.00 bits per heavy atom. The van der Waals surface area contributed by atoms with Crippen molar-refractivity contribution in [3.05, 3.63) is 70.2 Å². The van der Waals surface area contributed by atoms with Gasteiger partial charge >= 0.3 is 5.97 Å². The van der Waals surface area contributed by atoms with Gasteiger partial charge in [-0.3, -0.25) is 0 Å². The molecule has 2 aromatic carbocycles. The standard InChI is InChI=1S/C18H20ClNO3/c1-12(17(23-2)15-8-3-4-9-16(15)19)20-11-13-6-5-7-14(10-13)18(21)22/h3-10,12,17,20H,11H2,1-2H3,(H,21,22). The highest BCUT2D eigenvalue weighted by atomic mass is 35.5. The first-order valence-electron chi connectivity index (χ1n) is 7.35. The highest BCUT2D eigenvalue weighted by molar-refractivity contribution is 6.31. The summed E-state index contributed by atoms with van der Waals surface area (Å²) in [5.74, 6) is -0.925. The van der Waals surface area contributed by atoms with E-state index in [9.17, 15) is 4.79 Å². The van der Waals surface area contributed by atoms with Crippen LogP contribution in [0.25, 0.3) is 0 Å². The molecule has 2 aromatic rings. The van der Waals surface area contributed by atoms with Gasteiger partial charge in [0.2, 0.25) is 0 Å². The summed E-state index contributed by atoms with van der Waals surface area (Å²) in [5, 5.41) is 13.1. The third-order valence-corrected chi connectivity index (χ3v) is 4.07. The third-order valence-electron chi connectivity index (χ3n) is 3.72. The van der Waals surface area contributed by atoms with Gasteiger partial charge in [0, 0.05) is 30.3 Å². The average Bonchev–Trinajstić information content (AvgIpc) is 2.55. The van der Waals surface area contributed by atoms with E-state index in [4.69, 9.17) is 21.4 Å². The van der Waals surface area contributed by atoms with Gasteiger partial charge in [0.25, 0.3) is 0 Å². The van der Waals surface area contributed by atoms with E-state index in [0.29, 0.717) is 11.6 Å². The molecule has 0 spiro atoms. The molecule has 0 bridgehead atoms. The second-order valence-electron chi connectivity index (χ2n) is 5.35. The molecule has 0 aromatic heterocycles. The summed E-state index contributed by atoms with van der Waals surface area (Å²) in [6, 6.07) is 14.5. The second kappa shape index (κ2) is 8.11. The minimum Gasteiger partial charge on any atom is -0.478 e. The van der Waals surface area contributed by atoms with Gasteiger partial charge in [-0.1, -0.05) is 41.9 Å². The van der Waals surface area contributed by atoms with Crippen LogP contribution >= 0.6 is 11.6 Å². The van der Waals surface area contributed by atoms with Crippen LogP contribution in [0.1, 0.15) is 34.5 Å². The van der Waals surface area contributed by atoms with Gasteiger partial charge in [-0.15, -0.1) is 0 Å². The van der Waals surface area contributed by atoms with Crippen LogP contribution < -0.4 is 5.32 Å². The number of carboxylic acids is 1. The van der Waals surface area contributed by atoms with E-state index < -0.39 is 5.97 Å². The molecule has 0 aliphatic rings. The van der Waals surface area contributed by atoms with Crippen molar-refractivity contribution in [3.63, 3.8) is 0 Å². The molecule has 2 rings (SSSR count). The fourth-order valence-electron chi connectivity index (χ4n) is 2.51. The molecule has 0 heterocycles. The number of nitrogens with one attached hydrogen (secondary N) is 1. The zero-order valence-electron chi connectivity index (χ0n) is 13.1. The Kier molecular flexibility index (Phi) is 6.16. The summed E-state index contributed by atoms with van der Waals surface area (Å²) in [4.78, 5) is 11.0. The molecule has 0 amide bonds. The van der Waals surface area contributed by atoms with Crippen molar-refractivity contribution in [2.75, 3.05) is 7.11 Å². The Morgan fingerprint density at radius 1 is 1.26 bits per heavy atom. The Hall–Kier alpha value is -1.88. The number of benzene rings is 2. The topological polar surface area (TPSA) is 58.6 Å². The van der Waals surface area contributed by atoms with Crippen LogP contribution in [-0.2, 0) is 11.3 Å². The number of methoxy groups -OCH3 is 1. The van der Waals surface area contributed by atoms with Crippen LogP contribution in [0.15, 0.2) is 48.5 Å². The molecule has 2 atom stereocenters. The van der Waals surface area contributed by atoms with E-state index in [0.717, 1.165) is 11.1 Å². The Morgan fingerprint density at radius 3 is 2.65 bits per heavy atom. The van der Waals surface area contributed by atoms with Gasteiger partial charge in [-0.05, 0) is 30.7 Å². The van der Waals surface area contributed by atoms with E-state index in [1.165, 1.54) is 0 Å². The van der Waals surface area contributed by atoms with E-state index in [1.807, 2.05) is 37.3 Å². The first kappa shape index (κ1) is 17.5. The van der Waals surface area contributed by atoms with Crippen molar-refractivity contribution in [3.8, 4) is 0 Å². The Balaban J connectivity index is 2.06. The van der Waals surface area contributed by atoms with Gasteiger partial charge < -0.3 is 15.2 Å². The first-order valence-corrected chi connectivity index (χ1v) is 7.73. The van der Waals surface area contributed by atoms with E-state index in [1.54, 1.807) is 25.3 Å². The molecule has 0 radical (unpaired) electrons. The van der Waals surface area contributed by atoms with Crippen molar-refractivity contribution in [1.29, 1.82) is 0 Å². The number of hydrogen-bond donors (Lipinski definition) is 2. The first-order chi connectivity index (χ1) is 11.0. The highest BCUT2D eigenvalue weighted by Crippen LogP contribution is 2.27. The predicted molar refractivity (Wildman–Crippen MR) is 90.9 cm³/mol. The third kappa shape index (κ3) is 4.55. The van der Waals surface area contributed by atoms with Crippen LogP contribution in [0.5, 0.6) is 0 Å². The second-order valence-corrected chi connectivity index (χ2v) is 5.76. The maximum absolute atomic E-state index is 11.0. The minimum atomic E-state index is -0.925. The minimum absolute atomic E-state index is 0.00776. The molecular weight excluding hydrogens is 314 g/mol. The fraction of sp³-hybridized carbons (Fsp3) is 0.278. The fourth-order valence-corrected chi connectivity index (χ4v) is 2.75. The molecule has 0 fully saturated rings. The summed E-state index contributed by atoms with van der Waals surface area (Å²) >= 11 is 6.24. The summed E-state index contributed by atoms with van der Waals surface area (Å²) in [6.45, 7) is 2.56. The van der Waals surface area contributed by atoms with Gasteiger partial charge in [-0.2, -0.15) is 0 Å². The van der Waals surface area contributed by atoms with Crippen LogP contribution in [0, 0.1) is 0 Å². The van der Waals surface area contributed by atoms with Gasteiger partial charge in [-0.25, -0.2) is 4.79 Å². The molecule has 0 aliphatic carbocycles. The lowest BCUT2D eigenvalue weighted by Gasteiger charge is -2.25. The zero-order chi connectivity index (χ0) is 16.8. The number of rotatable bonds is 7. The number of carbonyl (C=O) groups is 1. The monoisotopic (exact) mass is 333 g/mol. The van der Waals surface area contributed by atoms with Gasteiger partial charge in [0.05, 0.1) is 11.7 Å². The van der Waals surface area contributed by atoms with Crippen LogP contribution in [0.3, 0.4) is 0 Å². The van der Waals surface area contributed by atoms with Crippen LogP contribution in [0.4, 0.5) is 0 Å². The van der Waals surface area contributed by atoms with Crippen molar-refractivity contribution in [2.24, 2.45) is 0 Å². The summed E-state index contributed by atoms with van der Waals surface area (Å²) in [6.07, 6.45) is -0.189. The molecule has 2 unspecified atom stereocenters. The summed E-state index contributed by atoms with van der Waals surface area (Å²) in [7, 11) is 1.65. The average molecular weight is 334 g/mol. The highest BCUT2D eigenvalue weighted by Gasteiger charge is 2.20. The number of carboxylic acid groups (broad SMARTS) is 1. The molecule has 122 valence electrons. The molecule has 0 saturated heterocycles. The Labute approximate surface area is 141 Å². The molecule has 5 heteroatoms. The largest absolute Gasteiger partial charge is 0.478 e. The van der Waals surface area contributed by atoms with Crippen molar-refractivity contribution >= 4 is 17.6 Å². The number of ether oxygens (including phenoxy) is 1. The van der Waals surface area contributed by atoms with Crippen molar-refractivity contribution < 1.29 is 14.6 Å². The number of aromatic carboxylic acids is 1. The van der Waals surface area contributed by atoms with E-state index >= 15 is 0 Å². The lowest BCUT2D eigenvalue weighted by molar-refractivity contribution is 0.0696. The van der Waals surface area contributed by atoms with Gasteiger partial charge in [0.1, 0.15) is 0 Å². The molecule has 0 aliphatic heterocycles. The molecule has 23 heavy (non-hydrogen) atoms. The zero-order valence-corrected chi connectivity index (χ0v) is 13.9. The predicted octanol–water partition coefficient (Wildman–Crippen LogP) is 3.90. The van der Waals surface area contributed by atoms with Crippen LogP contribution in [0.2, 0.25) is 5.02 Å². The molecular formula is C18H20ClNO3. The van der Waals surface area contributed by atoms with Crippen LogP contribution in [-0.4, -0.2) is 24.2 Å². The summed E-state index contributed by atoms with van der Waals surface area (Å²) in [5.41, 5.74) is 2.12. The van der Waals surface area contributed by atoms with Crippen molar-refractivity contribution in [1.82, 2.24) is 5.32 Å². The van der Waals surface area contributed by atoms with Crippen molar-refractivity contribution in [2.45, 2.75) is 25.6 Å².